The van der Waals surface area contributed by atoms with E-state index < -0.39 is 17.0 Å². The Morgan fingerprint density at radius 2 is 2.00 bits per heavy atom. The molecule has 5 atom stereocenters. The Balaban J connectivity index is 2.42. The summed E-state index contributed by atoms with van der Waals surface area (Å²) in [4.78, 5) is 11.6. The van der Waals surface area contributed by atoms with Gasteiger partial charge in [-0.3, -0.25) is 4.79 Å². The predicted octanol–water partition coefficient (Wildman–Crippen LogP) is 2.45. The molecule has 3 nitrogen and oxygen atoms in total. The normalized spacial score (nSPS) is 49.8. The van der Waals surface area contributed by atoms with Gasteiger partial charge in [-0.25, -0.2) is 0 Å². The number of aliphatic carboxylic acids is 1. The molecule has 0 radical (unpaired) electrons. The third kappa shape index (κ3) is 1.71. The van der Waals surface area contributed by atoms with Crippen LogP contribution in [0.2, 0.25) is 0 Å². The highest BCUT2D eigenvalue weighted by Crippen LogP contribution is 2.53. The van der Waals surface area contributed by atoms with Gasteiger partial charge in [0.15, 0.2) is 0 Å². The van der Waals surface area contributed by atoms with Crippen molar-refractivity contribution < 1.29 is 15.0 Å². The number of fused-ring (bicyclic) bond motifs is 1. The monoisotopic (exact) mass is 238 g/mol. The maximum absolute atomic E-state index is 11.6. The van der Waals surface area contributed by atoms with Crippen molar-refractivity contribution in [2.75, 3.05) is 0 Å². The Hall–Kier alpha value is -0.830. The molecule has 17 heavy (non-hydrogen) atoms. The summed E-state index contributed by atoms with van der Waals surface area (Å²) in [5.41, 5.74) is -2.31. The van der Waals surface area contributed by atoms with Crippen LogP contribution in [-0.4, -0.2) is 21.8 Å². The molecule has 0 saturated heterocycles. The molecule has 0 aromatic rings. The van der Waals surface area contributed by atoms with Gasteiger partial charge in [-0.1, -0.05) is 25.5 Å². The van der Waals surface area contributed by atoms with Crippen LogP contribution in [0.5, 0.6) is 0 Å². The Morgan fingerprint density at radius 1 is 1.35 bits per heavy atom. The Morgan fingerprint density at radius 3 is 2.59 bits per heavy atom. The lowest BCUT2D eigenvalue weighted by molar-refractivity contribution is -0.173. The van der Waals surface area contributed by atoms with Crippen LogP contribution in [0.3, 0.4) is 0 Å². The van der Waals surface area contributed by atoms with Gasteiger partial charge in [0, 0.05) is 0 Å². The van der Waals surface area contributed by atoms with Crippen LogP contribution >= 0.6 is 0 Å². The fourth-order valence-electron chi connectivity index (χ4n) is 3.59. The zero-order valence-electron chi connectivity index (χ0n) is 10.8. The average Bonchev–Trinajstić information content (AvgIpc) is 2.23. The lowest BCUT2D eigenvalue weighted by Gasteiger charge is -2.51. The minimum Gasteiger partial charge on any atom is -0.481 e. The molecule has 0 bridgehead atoms. The number of allylic oxidation sites excluding steroid dienone is 1. The van der Waals surface area contributed by atoms with E-state index >= 15 is 0 Å². The molecule has 0 aliphatic heterocycles. The molecule has 96 valence electrons. The van der Waals surface area contributed by atoms with E-state index in [4.69, 9.17) is 0 Å². The van der Waals surface area contributed by atoms with Gasteiger partial charge in [0.1, 0.15) is 5.41 Å². The van der Waals surface area contributed by atoms with Crippen molar-refractivity contribution in [2.45, 2.75) is 45.6 Å². The SMILES string of the molecule is C[C@H]1CC[C@H]2[C@@H](C=C[C@@](C)(O)[C@]2(C)C(=O)O)C1. The van der Waals surface area contributed by atoms with Gasteiger partial charge >= 0.3 is 5.97 Å². The predicted molar refractivity (Wildman–Crippen MR) is 65.5 cm³/mol. The number of carboxylic acid groups (broad SMARTS) is 1. The number of hydrogen-bond acceptors (Lipinski definition) is 2. The standard InChI is InChI=1S/C14H22O3/c1-9-4-5-11-10(8-9)6-7-13(2,17)14(11,3)12(15)16/h6-7,9-11,17H,4-5,8H2,1-3H3,(H,15,16)/t9-,10-,11-,13+,14-/m0/s1. The largest absolute Gasteiger partial charge is 0.481 e. The second-order valence-corrected chi connectivity index (χ2v) is 6.20. The van der Waals surface area contributed by atoms with E-state index in [2.05, 4.69) is 6.92 Å². The molecule has 3 heteroatoms. The first-order valence-electron chi connectivity index (χ1n) is 6.44. The molecular weight excluding hydrogens is 216 g/mol. The fraction of sp³-hybridized carbons (Fsp3) is 0.786. The van der Waals surface area contributed by atoms with Crippen molar-refractivity contribution in [2.24, 2.45) is 23.2 Å². The summed E-state index contributed by atoms with van der Waals surface area (Å²) in [6.45, 7) is 5.53. The van der Waals surface area contributed by atoms with Crippen molar-refractivity contribution >= 4 is 5.97 Å². The molecule has 0 aromatic heterocycles. The Kier molecular flexibility index (Phi) is 2.85. The van der Waals surface area contributed by atoms with Gasteiger partial charge in [0.25, 0.3) is 0 Å². The summed E-state index contributed by atoms with van der Waals surface area (Å²) in [6.07, 6.45) is 6.73. The summed E-state index contributed by atoms with van der Waals surface area (Å²) in [6, 6.07) is 0. The summed E-state index contributed by atoms with van der Waals surface area (Å²) in [7, 11) is 0. The zero-order valence-corrected chi connectivity index (χ0v) is 10.8. The Labute approximate surface area is 103 Å². The molecule has 2 N–H and O–H groups in total. The van der Waals surface area contributed by atoms with Crippen LogP contribution < -0.4 is 0 Å². The van der Waals surface area contributed by atoms with E-state index in [-0.39, 0.29) is 5.92 Å². The minimum atomic E-state index is -1.25. The third-order valence-electron chi connectivity index (χ3n) is 5.07. The zero-order chi connectivity index (χ0) is 12.8. The van der Waals surface area contributed by atoms with Crippen LogP contribution in [0.15, 0.2) is 12.2 Å². The molecular formula is C14H22O3. The second-order valence-electron chi connectivity index (χ2n) is 6.20. The maximum Gasteiger partial charge on any atom is 0.312 e. The average molecular weight is 238 g/mol. The third-order valence-corrected chi connectivity index (χ3v) is 5.07. The van der Waals surface area contributed by atoms with E-state index in [1.807, 2.05) is 6.08 Å². The summed E-state index contributed by atoms with van der Waals surface area (Å²) < 4.78 is 0. The van der Waals surface area contributed by atoms with Gasteiger partial charge in [0.05, 0.1) is 5.60 Å². The van der Waals surface area contributed by atoms with Crippen molar-refractivity contribution in [3.05, 3.63) is 12.2 Å². The molecule has 2 aliphatic carbocycles. The van der Waals surface area contributed by atoms with E-state index in [0.29, 0.717) is 11.8 Å². The van der Waals surface area contributed by atoms with Crippen LogP contribution in [0.25, 0.3) is 0 Å². The topological polar surface area (TPSA) is 57.5 Å². The number of carboxylic acids is 1. The van der Waals surface area contributed by atoms with Gasteiger partial charge in [-0.15, -0.1) is 0 Å². The molecule has 1 fully saturated rings. The van der Waals surface area contributed by atoms with Crippen LogP contribution in [-0.2, 0) is 4.79 Å². The number of rotatable bonds is 1. The van der Waals surface area contributed by atoms with Gasteiger partial charge in [-0.2, -0.15) is 0 Å². The van der Waals surface area contributed by atoms with Gasteiger partial charge in [-0.05, 0) is 44.4 Å². The molecule has 0 spiro atoms. The van der Waals surface area contributed by atoms with E-state index in [1.165, 1.54) is 0 Å². The number of carbonyl (C=O) groups is 1. The van der Waals surface area contributed by atoms with Gasteiger partial charge in [0.2, 0.25) is 0 Å². The van der Waals surface area contributed by atoms with Crippen molar-refractivity contribution in [1.29, 1.82) is 0 Å². The molecule has 1 saturated carbocycles. The Bertz CT molecular complexity index is 358. The first-order chi connectivity index (χ1) is 7.79. The first-order valence-corrected chi connectivity index (χ1v) is 6.44. The smallest absolute Gasteiger partial charge is 0.312 e. The lowest BCUT2D eigenvalue weighted by atomic mass is 9.54. The highest BCUT2D eigenvalue weighted by molar-refractivity contribution is 5.77. The first kappa shape index (κ1) is 12.6. The molecule has 0 unspecified atom stereocenters. The molecule has 0 heterocycles. The van der Waals surface area contributed by atoms with E-state index in [0.717, 1.165) is 19.3 Å². The van der Waals surface area contributed by atoms with Crippen LogP contribution in [0, 0.1) is 23.2 Å². The van der Waals surface area contributed by atoms with Crippen molar-refractivity contribution in [1.82, 2.24) is 0 Å². The highest BCUT2D eigenvalue weighted by atomic mass is 16.4. The van der Waals surface area contributed by atoms with Crippen LogP contribution in [0.4, 0.5) is 0 Å². The molecule has 2 rings (SSSR count). The van der Waals surface area contributed by atoms with Gasteiger partial charge < -0.3 is 10.2 Å². The van der Waals surface area contributed by atoms with E-state index in [9.17, 15) is 15.0 Å². The quantitative estimate of drug-likeness (QED) is 0.690. The molecule has 0 aromatic carbocycles. The number of hydrogen-bond donors (Lipinski definition) is 2. The maximum atomic E-state index is 11.6. The van der Waals surface area contributed by atoms with E-state index in [1.54, 1.807) is 19.9 Å². The van der Waals surface area contributed by atoms with Crippen molar-refractivity contribution in [3.8, 4) is 0 Å². The minimum absolute atomic E-state index is 0.0520. The number of aliphatic hydroxyl groups is 1. The fourth-order valence-corrected chi connectivity index (χ4v) is 3.59. The summed E-state index contributed by atoms with van der Waals surface area (Å²) in [5.74, 6) is 0.134. The van der Waals surface area contributed by atoms with Crippen LogP contribution in [0.1, 0.15) is 40.0 Å². The van der Waals surface area contributed by atoms with Crippen molar-refractivity contribution in [3.63, 3.8) is 0 Å². The summed E-state index contributed by atoms with van der Waals surface area (Å²) in [5, 5.41) is 19.9. The second kappa shape index (κ2) is 3.84. The summed E-state index contributed by atoms with van der Waals surface area (Å²) >= 11 is 0. The lowest BCUT2D eigenvalue weighted by Crippen LogP contribution is -2.57. The highest BCUT2D eigenvalue weighted by Gasteiger charge is 2.57. The molecule has 2 aliphatic rings. The molecule has 0 amide bonds.